The van der Waals surface area contributed by atoms with Gasteiger partial charge in [-0.2, -0.15) is 0 Å². The average Bonchev–Trinajstić information content (AvgIpc) is 2.69. The highest BCUT2D eigenvalue weighted by Gasteiger charge is 2.09. The summed E-state index contributed by atoms with van der Waals surface area (Å²) in [6.07, 6.45) is -0.0452. The van der Waals surface area contributed by atoms with Crippen LogP contribution in [0.1, 0.15) is 6.42 Å². The molecular formula is C12H11NO3S. The molecule has 0 saturated heterocycles. The van der Waals surface area contributed by atoms with Gasteiger partial charge in [0.25, 0.3) is 0 Å². The Hall–Kier alpha value is -1.88. The first kappa shape index (κ1) is 11.6. The van der Waals surface area contributed by atoms with E-state index in [9.17, 15) is 9.59 Å². The number of benzene rings is 1. The van der Waals surface area contributed by atoms with Crippen molar-refractivity contribution in [2.75, 3.05) is 0 Å². The standard InChI is InChI=1S/C12H11NO3S/c14-11(15)6-7-13-10(8-17-12(13)16)9-4-2-1-3-5-9/h1-5,8H,6-7H2,(H,14,15). The first-order chi connectivity index (χ1) is 8.18. The van der Waals surface area contributed by atoms with Crippen LogP contribution in [0.2, 0.25) is 0 Å². The van der Waals surface area contributed by atoms with Crippen LogP contribution in [0.15, 0.2) is 40.5 Å². The van der Waals surface area contributed by atoms with Crippen molar-refractivity contribution in [2.24, 2.45) is 0 Å². The van der Waals surface area contributed by atoms with Gasteiger partial charge in [-0.1, -0.05) is 41.7 Å². The smallest absolute Gasteiger partial charge is 0.307 e. The van der Waals surface area contributed by atoms with Crippen LogP contribution in [0.5, 0.6) is 0 Å². The molecule has 1 N–H and O–H groups in total. The van der Waals surface area contributed by atoms with Gasteiger partial charge in [-0.15, -0.1) is 0 Å². The lowest BCUT2D eigenvalue weighted by Gasteiger charge is -2.05. The van der Waals surface area contributed by atoms with E-state index in [1.807, 2.05) is 30.3 Å². The molecule has 5 heteroatoms. The van der Waals surface area contributed by atoms with Crippen LogP contribution in [-0.2, 0) is 11.3 Å². The summed E-state index contributed by atoms with van der Waals surface area (Å²) >= 11 is 1.09. The predicted molar refractivity (Wildman–Crippen MR) is 66.3 cm³/mol. The minimum atomic E-state index is -0.901. The van der Waals surface area contributed by atoms with Gasteiger partial charge in [-0.05, 0) is 5.56 Å². The van der Waals surface area contributed by atoms with Crippen molar-refractivity contribution in [1.82, 2.24) is 4.57 Å². The SMILES string of the molecule is O=C(O)CCn1c(-c2ccccc2)csc1=O. The fourth-order valence-electron chi connectivity index (χ4n) is 1.58. The quantitative estimate of drug-likeness (QED) is 0.902. The van der Waals surface area contributed by atoms with E-state index in [2.05, 4.69) is 0 Å². The third-order valence-corrected chi connectivity index (χ3v) is 3.16. The minimum absolute atomic E-state index is 0.0452. The van der Waals surface area contributed by atoms with Gasteiger partial charge >= 0.3 is 10.8 Å². The molecule has 1 aromatic heterocycles. The first-order valence-electron chi connectivity index (χ1n) is 5.14. The number of hydrogen-bond acceptors (Lipinski definition) is 3. The lowest BCUT2D eigenvalue weighted by atomic mass is 10.2. The summed E-state index contributed by atoms with van der Waals surface area (Å²) in [5, 5.41) is 10.4. The summed E-state index contributed by atoms with van der Waals surface area (Å²) in [6, 6.07) is 9.48. The van der Waals surface area contributed by atoms with E-state index in [0.29, 0.717) is 0 Å². The molecule has 1 aromatic carbocycles. The Labute approximate surface area is 102 Å². The van der Waals surface area contributed by atoms with Crippen LogP contribution in [0.3, 0.4) is 0 Å². The van der Waals surface area contributed by atoms with Gasteiger partial charge in [0.1, 0.15) is 0 Å². The normalized spacial score (nSPS) is 10.4. The van der Waals surface area contributed by atoms with E-state index in [-0.39, 0.29) is 17.8 Å². The molecule has 0 bridgehead atoms. The molecule has 0 fully saturated rings. The molecule has 0 unspecified atom stereocenters. The molecular weight excluding hydrogens is 238 g/mol. The Morgan fingerprint density at radius 3 is 2.65 bits per heavy atom. The molecule has 4 nitrogen and oxygen atoms in total. The van der Waals surface area contributed by atoms with Gasteiger partial charge < -0.3 is 5.11 Å². The monoisotopic (exact) mass is 249 g/mol. The van der Waals surface area contributed by atoms with Gasteiger partial charge in [0.05, 0.1) is 12.1 Å². The second kappa shape index (κ2) is 4.97. The van der Waals surface area contributed by atoms with Gasteiger partial charge in [0.15, 0.2) is 0 Å². The van der Waals surface area contributed by atoms with Crippen molar-refractivity contribution in [3.8, 4) is 11.3 Å². The molecule has 0 radical (unpaired) electrons. The highest BCUT2D eigenvalue weighted by atomic mass is 32.1. The number of carboxylic acids is 1. The van der Waals surface area contributed by atoms with Crippen LogP contribution >= 0.6 is 11.3 Å². The summed E-state index contributed by atoms with van der Waals surface area (Å²) in [4.78, 5) is 22.0. The van der Waals surface area contributed by atoms with Gasteiger partial charge in [0, 0.05) is 11.9 Å². The summed E-state index contributed by atoms with van der Waals surface area (Å²) in [5.41, 5.74) is 1.71. The highest BCUT2D eigenvalue weighted by Crippen LogP contribution is 2.19. The first-order valence-corrected chi connectivity index (χ1v) is 6.02. The Bertz CT molecular complexity index is 571. The van der Waals surface area contributed by atoms with Gasteiger partial charge in [-0.3, -0.25) is 14.2 Å². The van der Waals surface area contributed by atoms with Crippen LogP contribution in [-0.4, -0.2) is 15.6 Å². The van der Waals surface area contributed by atoms with E-state index in [1.165, 1.54) is 4.57 Å². The van der Waals surface area contributed by atoms with Crippen molar-refractivity contribution in [1.29, 1.82) is 0 Å². The molecule has 2 aromatic rings. The van der Waals surface area contributed by atoms with Gasteiger partial charge in [-0.25, -0.2) is 0 Å². The Balaban J connectivity index is 2.36. The zero-order valence-electron chi connectivity index (χ0n) is 9.00. The molecule has 1 heterocycles. The lowest BCUT2D eigenvalue weighted by molar-refractivity contribution is -0.137. The number of aromatic nitrogens is 1. The summed E-state index contributed by atoms with van der Waals surface area (Å²) < 4.78 is 1.51. The second-order valence-corrected chi connectivity index (χ2v) is 4.37. The maximum absolute atomic E-state index is 11.6. The Morgan fingerprint density at radius 2 is 2.00 bits per heavy atom. The molecule has 0 amide bonds. The summed E-state index contributed by atoms with van der Waals surface area (Å²) in [6.45, 7) is 0.210. The van der Waals surface area contributed by atoms with Gasteiger partial charge in [0.2, 0.25) is 0 Å². The zero-order chi connectivity index (χ0) is 12.3. The summed E-state index contributed by atoms with van der Waals surface area (Å²) in [7, 11) is 0. The maximum atomic E-state index is 11.6. The third-order valence-electron chi connectivity index (χ3n) is 2.40. The topological polar surface area (TPSA) is 59.3 Å². The second-order valence-electron chi connectivity index (χ2n) is 3.55. The molecule has 0 aliphatic rings. The van der Waals surface area contributed by atoms with Crippen LogP contribution in [0, 0.1) is 0 Å². The number of aliphatic carboxylic acids is 1. The van der Waals surface area contributed by atoms with E-state index < -0.39 is 5.97 Å². The fourth-order valence-corrected chi connectivity index (χ4v) is 2.38. The van der Waals surface area contributed by atoms with Crippen molar-refractivity contribution < 1.29 is 9.90 Å². The van der Waals surface area contributed by atoms with Crippen molar-refractivity contribution in [2.45, 2.75) is 13.0 Å². The number of thiazole rings is 1. The highest BCUT2D eigenvalue weighted by molar-refractivity contribution is 7.07. The Morgan fingerprint density at radius 1 is 1.29 bits per heavy atom. The molecule has 0 saturated carbocycles. The number of rotatable bonds is 4. The number of carbonyl (C=O) groups is 1. The molecule has 2 rings (SSSR count). The van der Waals surface area contributed by atoms with E-state index in [1.54, 1.807) is 5.38 Å². The van der Waals surface area contributed by atoms with Crippen molar-refractivity contribution in [3.63, 3.8) is 0 Å². The van der Waals surface area contributed by atoms with Crippen LogP contribution < -0.4 is 4.87 Å². The molecule has 17 heavy (non-hydrogen) atoms. The largest absolute Gasteiger partial charge is 0.481 e. The van der Waals surface area contributed by atoms with E-state index >= 15 is 0 Å². The predicted octanol–water partition coefficient (Wildman–Crippen LogP) is 2.05. The third kappa shape index (κ3) is 2.62. The molecule has 88 valence electrons. The van der Waals surface area contributed by atoms with Crippen molar-refractivity contribution in [3.05, 3.63) is 45.4 Å². The Kier molecular flexibility index (Phi) is 3.39. The molecule has 0 atom stereocenters. The average molecular weight is 249 g/mol. The molecule has 0 spiro atoms. The van der Waals surface area contributed by atoms with Crippen molar-refractivity contribution >= 4 is 17.3 Å². The van der Waals surface area contributed by atoms with Crippen LogP contribution in [0.25, 0.3) is 11.3 Å². The molecule has 0 aliphatic heterocycles. The number of nitrogens with zero attached hydrogens (tertiary/aromatic N) is 1. The fraction of sp³-hybridized carbons (Fsp3) is 0.167. The maximum Gasteiger partial charge on any atom is 0.307 e. The number of hydrogen-bond donors (Lipinski definition) is 1. The minimum Gasteiger partial charge on any atom is -0.481 e. The zero-order valence-corrected chi connectivity index (χ0v) is 9.81. The molecule has 0 aliphatic carbocycles. The van der Waals surface area contributed by atoms with E-state index in [0.717, 1.165) is 22.6 Å². The summed E-state index contributed by atoms with van der Waals surface area (Å²) in [5.74, 6) is -0.901. The number of carboxylic acid groups (broad SMARTS) is 1. The lowest BCUT2D eigenvalue weighted by Crippen LogP contribution is -2.16. The van der Waals surface area contributed by atoms with E-state index in [4.69, 9.17) is 5.11 Å². The van der Waals surface area contributed by atoms with Crippen LogP contribution in [0.4, 0.5) is 0 Å².